The first kappa shape index (κ1) is 13.8. The molecule has 0 radical (unpaired) electrons. The number of hydrogen-bond donors (Lipinski definition) is 0. The molecule has 6 nitrogen and oxygen atoms in total. The van der Waals surface area contributed by atoms with Crippen LogP contribution in [0.15, 0.2) is 40.9 Å². The predicted molar refractivity (Wildman–Crippen MR) is 77.9 cm³/mol. The Bertz CT molecular complexity index is 893. The van der Waals surface area contributed by atoms with Gasteiger partial charge in [0.05, 0.1) is 18.2 Å². The maximum absolute atomic E-state index is 11.7. The summed E-state index contributed by atoms with van der Waals surface area (Å²) in [6, 6.07) is 10.3. The maximum atomic E-state index is 11.7. The fourth-order valence-electron chi connectivity index (χ4n) is 2.00. The lowest BCUT2D eigenvalue weighted by molar-refractivity contribution is 0.0519. The second-order valence-corrected chi connectivity index (χ2v) is 4.46. The molecule has 0 bridgehead atoms. The maximum Gasteiger partial charge on any atom is 0.356 e. The minimum atomic E-state index is -0.493. The number of nitriles is 1. The Morgan fingerprint density at radius 2 is 2.23 bits per heavy atom. The number of nitrogens with zero attached hydrogens (tertiary/aromatic N) is 3. The van der Waals surface area contributed by atoms with Gasteiger partial charge < -0.3 is 9.15 Å². The van der Waals surface area contributed by atoms with Crippen molar-refractivity contribution in [2.24, 2.45) is 0 Å². The van der Waals surface area contributed by atoms with Gasteiger partial charge in [-0.2, -0.15) is 5.26 Å². The van der Waals surface area contributed by atoms with Crippen LogP contribution in [-0.4, -0.2) is 22.5 Å². The molecule has 0 N–H and O–H groups in total. The van der Waals surface area contributed by atoms with Crippen molar-refractivity contribution in [1.29, 1.82) is 5.26 Å². The molecule has 22 heavy (non-hydrogen) atoms. The molecule has 2 aromatic heterocycles. The number of benzene rings is 1. The first-order valence-electron chi connectivity index (χ1n) is 6.65. The van der Waals surface area contributed by atoms with E-state index in [1.165, 1.54) is 6.20 Å². The zero-order valence-electron chi connectivity index (χ0n) is 11.7. The van der Waals surface area contributed by atoms with Crippen molar-refractivity contribution >= 4 is 17.1 Å². The van der Waals surface area contributed by atoms with Gasteiger partial charge in [0.1, 0.15) is 11.2 Å². The second kappa shape index (κ2) is 5.66. The summed E-state index contributed by atoms with van der Waals surface area (Å²) in [6.45, 7) is 2.01. The van der Waals surface area contributed by atoms with Gasteiger partial charge in [-0.3, -0.25) is 0 Å². The van der Waals surface area contributed by atoms with Crippen LogP contribution in [0.25, 0.3) is 22.6 Å². The van der Waals surface area contributed by atoms with Crippen LogP contribution in [0.5, 0.6) is 0 Å². The highest BCUT2D eigenvalue weighted by Gasteiger charge is 2.13. The predicted octanol–water partition coefficient (Wildman–Crippen LogP) is 2.94. The van der Waals surface area contributed by atoms with Gasteiger partial charge in [0, 0.05) is 11.8 Å². The third kappa shape index (κ3) is 2.52. The minimum Gasteiger partial charge on any atom is -0.461 e. The number of esters is 1. The number of carbonyl (C=O) groups excluding carboxylic acids is 1. The molecule has 0 spiro atoms. The van der Waals surface area contributed by atoms with E-state index in [0.29, 0.717) is 28.1 Å². The minimum absolute atomic E-state index is 0.194. The zero-order valence-corrected chi connectivity index (χ0v) is 11.7. The molecule has 0 amide bonds. The number of fused-ring (bicyclic) bond motifs is 1. The molecule has 108 valence electrons. The Morgan fingerprint density at radius 3 is 3.00 bits per heavy atom. The van der Waals surface area contributed by atoms with Crippen LogP contribution < -0.4 is 0 Å². The normalized spacial score (nSPS) is 10.4. The number of carbonyl (C=O) groups is 1. The van der Waals surface area contributed by atoms with Crippen LogP contribution in [0.3, 0.4) is 0 Å². The molecule has 6 heteroatoms. The lowest BCUT2D eigenvalue weighted by atomic mass is 10.2. The molecule has 0 aliphatic rings. The summed E-state index contributed by atoms with van der Waals surface area (Å²) in [5.41, 5.74) is 2.48. The summed E-state index contributed by atoms with van der Waals surface area (Å²) in [6.07, 6.45) is 1.50. The van der Waals surface area contributed by atoms with Crippen LogP contribution in [0, 0.1) is 11.3 Å². The summed E-state index contributed by atoms with van der Waals surface area (Å²) in [5.74, 6) is -0.134. The van der Waals surface area contributed by atoms with Gasteiger partial charge in [0.15, 0.2) is 5.58 Å². The van der Waals surface area contributed by atoms with Crippen LogP contribution in [0.2, 0.25) is 0 Å². The van der Waals surface area contributed by atoms with E-state index in [1.807, 2.05) is 0 Å². The van der Waals surface area contributed by atoms with Crippen molar-refractivity contribution in [3.63, 3.8) is 0 Å². The zero-order chi connectivity index (χ0) is 15.5. The molecular formula is C16H11N3O3. The second-order valence-electron chi connectivity index (χ2n) is 4.46. The van der Waals surface area contributed by atoms with Crippen LogP contribution in [-0.2, 0) is 4.74 Å². The Morgan fingerprint density at radius 1 is 1.36 bits per heavy atom. The quantitative estimate of drug-likeness (QED) is 0.690. The number of aromatic nitrogens is 2. The Kier molecular flexibility index (Phi) is 3.54. The summed E-state index contributed by atoms with van der Waals surface area (Å²) < 4.78 is 10.6. The Balaban J connectivity index is 2.02. The Labute approximate surface area is 126 Å². The van der Waals surface area contributed by atoms with Crippen LogP contribution in [0.4, 0.5) is 0 Å². The monoisotopic (exact) mass is 293 g/mol. The standard InChI is InChI=1S/C16H11N3O3/c1-2-21-16(20)13-8-11(5-6-18-13)15-19-12-7-10(9-17)3-4-14(12)22-15/h3-8H,2H2,1H3. The average molecular weight is 293 g/mol. The average Bonchev–Trinajstić information content (AvgIpc) is 2.98. The van der Waals surface area contributed by atoms with Gasteiger partial charge in [-0.25, -0.2) is 14.8 Å². The molecule has 0 saturated carbocycles. The van der Waals surface area contributed by atoms with E-state index in [4.69, 9.17) is 14.4 Å². The van der Waals surface area contributed by atoms with Gasteiger partial charge in [0.25, 0.3) is 0 Å². The van der Waals surface area contributed by atoms with Gasteiger partial charge in [-0.05, 0) is 37.3 Å². The summed E-state index contributed by atoms with van der Waals surface area (Å²) in [4.78, 5) is 20.0. The molecule has 1 aromatic carbocycles. The number of pyridine rings is 1. The number of hydrogen-bond acceptors (Lipinski definition) is 6. The lowest BCUT2D eigenvalue weighted by Gasteiger charge is -2.01. The Hall–Kier alpha value is -3.20. The topological polar surface area (TPSA) is 89.0 Å². The first-order valence-corrected chi connectivity index (χ1v) is 6.65. The highest BCUT2D eigenvalue weighted by Crippen LogP contribution is 2.25. The molecule has 0 atom stereocenters. The molecule has 0 saturated heterocycles. The van der Waals surface area contributed by atoms with Crippen molar-refractivity contribution in [3.05, 3.63) is 47.8 Å². The fourth-order valence-corrected chi connectivity index (χ4v) is 2.00. The van der Waals surface area contributed by atoms with E-state index in [9.17, 15) is 4.79 Å². The molecule has 2 heterocycles. The van der Waals surface area contributed by atoms with Gasteiger partial charge in [0.2, 0.25) is 5.89 Å². The third-order valence-electron chi connectivity index (χ3n) is 3.01. The van der Waals surface area contributed by atoms with E-state index >= 15 is 0 Å². The largest absolute Gasteiger partial charge is 0.461 e. The number of rotatable bonds is 3. The molecule has 0 aliphatic heterocycles. The van der Waals surface area contributed by atoms with E-state index in [0.717, 1.165) is 0 Å². The summed E-state index contributed by atoms with van der Waals surface area (Å²) in [5, 5.41) is 8.90. The molecule has 3 aromatic rings. The van der Waals surface area contributed by atoms with Crippen molar-refractivity contribution in [3.8, 4) is 17.5 Å². The van der Waals surface area contributed by atoms with Crippen molar-refractivity contribution < 1.29 is 13.9 Å². The SMILES string of the molecule is CCOC(=O)c1cc(-c2nc3cc(C#N)ccc3o2)ccn1. The van der Waals surface area contributed by atoms with Gasteiger partial charge in [-0.1, -0.05) is 0 Å². The van der Waals surface area contributed by atoms with E-state index in [1.54, 1.807) is 37.3 Å². The molecule has 0 unspecified atom stereocenters. The summed E-state index contributed by atoms with van der Waals surface area (Å²) >= 11 is 0. The van der Waals surface area contributed by atoms with Gasteiger partial charge in [-0.15, -0.1) is 0 Å². The number of oxazole rings is 1. The van der Waals surface area contributed by atoms with Crippen molar-refractivity contribution in [1.82, 2.24) is 9.97 Å². The van der Waals surface area contributed by atoms with Crippen molar-refractivity contribution in [2.45, 2.75) is 6.92 Å². The third-order valence-corrected chi connectivity index (χ3v) is 3.01. The fraction of sp³-hybridized carbons (Fsp3) is 0.125. The van der Waals surface area contributed by atoms with Gasteiger partial charge >= 0.3 is 5.97 Å². The van der Waals surface area contributed by atoms with Crippen LogP contribution >= 0.6 is 0 Å². The van der Waals surface area contributed by atoms with Crippen LogP contribution in [0.1, 0.15) is 23.0 Å². The number of ether oxygens (including phenoxy) is 1. The first-order chi connectivity index (χ1) is 10.7. The lowest BCUT2D eigenvalue weighted by Crippen LogP contribution is -2.06. The highest BCUT2D eigenvalue weighted by molar-refractivity contribution is 5.88. The van der Waals surface area contributed by atoms with E-state index in [-0.39, 0.29) is 12.3 Å². The van der Waals surface area contributed by atoms with Crippen molar-refractivity contribution in [2.75, 3.05) is 6.61 Å². The molecule has 0 fully saturated rings. The van der Waals surface area contributed by atoms with E-state index in [2.05, 4.69) is 16.0 Å². The van der Waals surface area contributed by atoms with E-state index < -0.39 is 5.97 Å². The smallest absolute Gasteiger partial charge is 0.356 e. The molecule has 3 rings (SSSR count). The molecule has 0 aliphatic carbocycles. The highest BCUT2D eigenvalue weighted by atomic mass is 16.5. The molecular weight excluding hydrogens is 282 g/mol. The summed E-state index contributed by atoms with van der Waals surface area (Å²) in [7, 11) is 0.